The lowest BCUT2D eigenvalue weighted by atomic mass is 10.2. The van der Waals surface area contributed by atoms with Crippen LogP contribution in [0.25, 0.3) is 0 Å². The van der Waals surface area contributed by atoms with Crippen LogP contribution in [0.3, 0.4) is 0 Å². The van der Waals surface area contributed by atoms with Crippen molar-refractivity contribution in [2.45, 2.75) is 25.8 Å². The highest BCUT2D eigenvalue weighted by Gasteiger charge is 2.21. The molecule has 128 valence electrons. The van der Waals surface area contributed by atoms with Crippen LogP contribution in [0, 0.1) is 6.92 Å². The van der Waals surface area contributed by atoms with E-state index in [0.29, 0.717) is 22.7 Å². The summed E-state index contributed by atoms with van der Waals surface area (Å²) in [5, 5.41) is 12.3. The topological polar surface area (TPSA) is 96.3 Å². The van der Waals surface area contributed by atoms with Crippen molar-refractivity contribution in [1.29, 1.82) is 0 Å². The first-order valence-corrected chi connectivity index (χ1v) is 7.50. The molecule has 1 fully saturated rings. The maximum Gasteiger partial charge on any atom is 0.260 e. The first kappa shape index (κ1) is 18.0. The number of carbonyl (C=O) groups is 2. The molecule has 7 nitrogen and oxygen atoms in total. The lowest BCUT2D eigenvalue weighted by Gasteiger charge is -2.11. The van der Waals surface area contributed by atoms with E-state index in [1.54, 1.807) is 31.2 Å². The minimum Gasteiger partial charge on any atom is -0.361 e. The zero-order valence-electron chi connectivity index (χ0n) is 13.2. The van der Waals surface area contributed by atoms with Gasteiger partial charge in [0.05, 0.1) is 12.2 Å². The largest absolute Gasteiger partial charge is 0.361 e. The molecule has 0 radical (unpaired) electrons. The fourth-order valence-corrected chi connectivity index (χ4v) is 2.49. The molecule has 2 heterocycles. The summed E-state index contributed by atoms with van der Waals surface area (Å²) in [6, 6.07) is 6.86. The van der Waals surface area contributed by atoms with E-state index in [-0.39, 0.29) is 30.3 Å². The second-order valence-corrected chi connectivity index (χ2v) is 5.47. The second-order valence-electron chi connectivity index (χ2n) is 5.47. The number of carbonyl (C=O) groups excluding carboxylic acids is 2. The Hall–Kier alpha value is -2.38. The highest BCUT2D eigenvalue weighted by molar-refractivity contribution is 6.04. The lowest BCUT2D eigenvalue weighted by molar-refractivity contribution is -0.117. The summed E-state index contributed by atoms with van der Waals surface area (Å²) in [6.45, 7) is 2.56. The molecule has 1 atom stereocenters. The summed E-state index contributed by atoms with van der Waals surface area (Å²) in [4.78, 5) is 24.1. The van der Waals surface area contributed by atoms with Gasteiger partial charge in [-0.3, -0.25) is 9.59 Å². The molecule has 3 N–H and O–H groups in total. The molecule has 3 rings (SSSR count). The van der Waals surface area contributed by atoms with Crippen molar-refractivity contribution < 1.29 is 14.1 Å². The molecule has 1 aromatic heterocycles. The molecular weight excluding hydrogens is 332 g/mol. The molecule has 0 bridgehead atoms. The van der Waals surface area contributed by atoms with Crippen molar-refractivity contribution in [2.75, 3.05) is 17.2 Å². The predicted molar refractivity (Wildman–Crippen MR) is 92.5 cm³/mol. The number of amides is 2. The average Bonchev–Trinajstić information content (AvgIpc) is 3.20. The van der Waals surface area contributed by atoms with Crippen LogP contribution in [-0.2, 0) is 4.79 Å². The van der Waals surface area contributed by atoms with E-state index in [1.165, 1.54) is 6.20 Å². The minimum absolute atomic E-state index is 0. The summed E-state index contributed by atoms with van der Waals surface area (Å²) < 4.78 is 4.87. The summed E-state index contributed by atoms with van der Waals surface area (Å²) in [6.07, 6.45) is 3.26. The second kappa shape index (κ2) is 7.94. The van der Waals surface area contributed by atoms with Gasteiger partial charge in [0.1, 0.15) is 11.3 Å². The van der Waals surface area contributed by atoms with E-state index in [2.05, 4.69) is 21.1 Å². The van der Waals surface area contributed by atoms with Gasteiger partial charge in [-0.2, -0.15) is 0 Å². The SMILES string of the molecule is Cc1oncc1C(=O)Nc1ccc(NC(=O)C2CCCN2)cc1.Cl. The van der Waals surface area contributed by atoms with Gasteiger partial charge in [0.25, 0.3) is 5.91 Å². The fourth-order valence-electron chi connectivity index (χ4n) is 2.49. The van der Waals surface area contributed by atoms with Gasteiger partial charge in [-0.25, -0.2) is 0 Å². The van der Waals surface area contributed by atoms with Crippen LogP contribution in [0.4, 0.5) is 11.4 Å². The third-order valence-corrected chi connectivity index (χ3v) is 3.78. The molecule has 2 amide bonds. The minimum atomic E-state index is -0.282. The van der Waals surface area contributed by atoms with Crippen LogP contribution in [0.2, 0.25) is 0 Å². The maximum absolute atomic E-state index is 12.0. The van der Waals surface area contributed by atoms with E-state index < -0.39 is 0 Å². The molecule has 0 spiro atoms. The molecule has 2 aromatic rings. The van der Waals surface area contributed by atoms with Crippen LogP contribution in [0.15, 0.2) is 35.0 Å². The maximum atomic E-state index is 12.0. The Morgan fingerprint density at radius 3 is 2.42 bits per heavy atom. The van der Waals surface area contributed by atoms with Crippen molar-refractivity contribution in [3.05, 3.63) is 41.8 Å². The highest BCUT2D eigenvalue weighted by atomic mass is 35.5. The van der Waals surface area contributed by atoms with Gasteiger partial charge in [0.2, 0.25) is 5.91 Å². The van der Waals surface area contributed by atoms with Crippen LogP contribution >= 0.6 is 12.4 Å². The number of hydrogen-bond donors (Lipinski definition) is 3. The summed E-state index contributed by atoms with van der Waals surface area (Å²) in [5.41, 5.74) is 1.73. The standard InChI is InChI=1S/C16H18N4O3.ClH/c1-10-13(9-18-23-10)15(21)19-11-4-6-12(7-5-11)20-16(22)14-3-2-8-17-14;/h4-7,9,14,17H,2-3,8H2,1H3,(H,19,21)(H,20,22);1H. The molecule has 1 aromatic carbocycles. The third-order valence-electron chi connectivity index (χ3n) is 3.78. The molecule has 1 aliphatic rings. The number of hydrogen-bond acceptors (Lipinski definition) is 5. The molecular formula is C16H19ClN4O3. The van der Waals surface area contributed by atoms with Gasteiger partial charge in [-0.05, 0) is 50.6 Å². The van der Waals surface area contributed by atoms with Crippen LogP contribution in [0.5, 0.6) is 0 Å². The monoisotopic (exact) mass is 350 g/mol. The predicted octanol–water partition coefficient (Wildman–Crippen LogP) is 2.35. The van der Waals surface area contributed by atoms with E-state index in [4.69, 9.17) is 4.52 Å². The fraction of sp³-hybridized carbons (Fsp3) is 0.312. The number of nitrogens with one attached hydrogen (secondary N) is 3. The quantitative estimate of drug-likeness (QED) is 0.786. The molecule has 1 aliphatic heterocycles. The Kier molecular flexibility index (Phi) is 5.94. The van der Waals surface area contributed by atoms with E-state index in [0.717, 1.165) is 19.4 Å². The Morgan fingerprint density at radius 1 is 1.21 bits per heavy atom. The van der Waals surface area contributed by atoms with E-state index >= 15 is 0 Å². The van der Waals surface area contributed by atoms with Crippen molar-refractivity contribution in [2.24, 2.45) is 0 Å². The molecule has 1 unspecified atom stereocenters. The van der Waals surface area contributed by atoms with Gasteiger partial charge < -0.3 is 20.5 Å². The molecule has 24 heavy (non-hydrogen) atoms. The van der Waals surface area contributed by atoms with Crippen molar-refractivity contribution in [3.8, 4) is 0 Å². The lowest BCUT2D eigenvalue weighted by Crippen LogP contribution is -2.35. The number of aromatic nitrogens is 1. The summed E-state index contributed by atoms with van der Waals surface area (Å²) in [7, 11) is 0. The summed E-state index contributed by atoms with van der Waals surface area (Å²) >= 11 is 0. The van der Waals surface area contributed by atoms with E-state index in [9.17, 15) is 9.59 Å². The Labute approximate surface area is 145 Å². The van der Waals surface area contributed by atoms with Crippen molar-refractivity contribution >= 4 is 35.6 Å². The first-order valence-electron chi connectivity index (χ1n) is 7.50. The number of rotatable bonds is 4. The molecule has 8 heteroatoms. The zero-order chi connectivity index (χ0) is 16.2. The van der Waals surface area contributed by atoms with Gasteiger partial charge in [-0.15, -0.1) is 12.4 Å². The Bertz CT molecular complexity index is 708. The first-order chi connectivity index (χ1) is 11.1. The smallest absolute Gasteiger partial charge is 0.260 e. The van der Waals surface area contributed by atoms with Crippen molar-refractivity contribution in [1.82, 2.24) is 10.5 Å². The Balaban J connectivity index is 0.00000208. The van der Waals surface area contributed by atoms with Gasteiger partial charge in [-0.1, -0.05) is 5.16 Å². The van der Waals surface area contributed by atoms with Crippen LogP contribution in [0.1, 0.15) is 29.0 Å². The van der Waals surface area contributed by atoms with Gasteiger partial charge >= 0.3 is 0 Å². The zero-order valence-corrected chi connectivity index (χ0v) is 14.0. The number of anilines is 2. The Morgan fingerprint density at radius 2 is 1.88 bits per heavy atom. The van der Waals surface area contributed by atoms with Crippen LogP contribution in [-0.4, -0.2) is 29.6 Å². The number of halogens is 1. The number of benzene rings is 1. The van der Waals surface area contributed by atoms with Gasteiger partial charge in [0.15, 0.2) is 0 Å². The van der Waals surface area contributed by atoms with E-state index in [1.807, 2.05) is 0 Å². The van der Waals surface area contributed by atoms with Crippen molar-refractivity contribution in [3.63, 3.8) is 0 Å². The molecule has 0 aliphatic carbocycles. The normalized spacial score (nSPS) is 16.3. The molecule has 0 saturated carbocycles. The number of aryl methyl sites for hydroxylation is 1. The molecule has 1 saturated heterocycles. The highest BCUT2D eigenvalue weighted by Crippen LogP contribution is 2.17. The number of nitrogens with zero attached hydrogens (tertiary/aromatic N) is 1. The third kappa shape index (κ3) is 4.12. The van der Waals surface area contributed by atoms with Gasteiger partial charge in [0, 0.05) is 11.4 Å². The van der Waals surface area contributed by atoms with Crippen LogP contribution < -0.4 is 16.0 Å². The summed E-state index contributed by atoms with van der Waals surface area (Å²) in [5.74, 6) is 0.158. The average molecular weight is 351 g/mol.